The monoisotopic (exact) mass is 822 g/mol. The molecule has 0 bridgehead atoms. The molecule has 15 nitrogen and oxygen atoms in total. The molecule has 0 saturated carbocycles. The molecule has 15 heteroatoms. The Kier molecular flexibility index (Phi) is 16.3. The number of carbonyl (C=O) groups excluding carboxylic acids is 7. The number of likely N-dealkylation sites (N-methyl/N-ethyl adjacent to an activating group) is 1. The minimum atomic E-state index is -1.31. The molecular weight excluding hydrogens is 757 g/mol. The van der Waals surface area contributed by atoms with Crippen LogP contribution in [0.3, 0.4) is 0 Å². The lowest BCUT2D eigenvalue weighted by Gasteiger charge is -2.35. The van der Waals surface area contributed by atoms with Crippen LogP contribution < -0.4 is 10.6 Å². The first-order valence-electron chi connectivity index (χ1n) is 21.1. The van der Waals surface area contributed by atoms with Gasteiger partial charge in [0, 0.05) is 25.6 Å². The van der Waals surface area contributed by atoms with Crippen LogP contribution in [0.15, 0.2) is 42.2 Å². The van der Waals surface area contributed by atoms with Gasteiger partial charge in [-0.15, -0.1) is 0 Å². The number of carbonyl (C=O) groups is 7. The maximum Gasteiger partial charge on any atom is 0.329 e. The van der Waals surface area contributed by atoms with E-state index in [0.717, 1.165) is 10.5 Å². The molecule has 6 amide bonds. The standard InChI is InChI=1S/C44H66N6O9/c1-25(2)35(45-40(53)37(27(5)6)47(9)10)39(52)46-36(26(3)4)42(55)48-21-15-19-30(48)41(54)49-22-16-20-31(49)44(57)59-38(28(7)8)43(56)50-32(33(58-11)24-34(50)51)23-29-17-13-12-14-18-29/h12-14,17-18,24-28,30-32,35-38H,15-16,19-23H2,1-11H3,(H,45,53)(H,46,52)/t30-,31-,32-,35-,36-,37-,38-/m0/s1. The van der Waals surface area contributed by atoms with E-state index in [4.69, 9.17) is 9.47 Å². The van der Waals surface area contributed by atoms with Crippen molar-refractivity contribution < 1.29 is 43.0 Å². The third-order valence-corrected chi connectivity index (χ3v) is 11.5. The number of amides is 6. The van der Waals surface area contributed by atoms with E-state index in [1.807, 2.05) is 86.0 Å². The Morgan fingerprint density at radius 2 is 1.32 bits per heavy atom. The number of likely N-dealkylation sites (tertiary alicyclic amines) is 2. The molecule has 59 heavy (non-hydrogen) atoms. The van der Waals surface area contributed by atoms with Crippen molar-refractivity contribution in [2.24, 2.45) is 23.7 Å². The van der Waals surface area contributed by atoms with Crippen molar-refractivity contribution in [1.29, 1.82) is 0 Å². The van der Waals surface area contributed by atoms with Crippen LogP contribution in [-0.4, -0.2) is 138 Å². The Labute approximate surface area is 349 Å². The number of nitrogens with one attached hydrogen (secondary N) is 2. The van der Waals surface area contributed by atoms with Crippen LogP contribution in [-0.2, 0) is 49.5 Å². The maximum atomic E-state index is 14.3. The van der Waals surface area contributed by atoms with Crippen LogP contribution in [0.4, 0.5) is 0 Å². The lowest BCUT2D eigenvalue weighted by atomic mass is 9.97. The number of hydrogen-bond donors (Lipinski definition) is 2. The van der Waals surface area contributed by atoms with Gasteiger partial charge in [0.25, 0.3) is 11.8 Å². The van der Waals surface area contributed by atoms with E-state index in [1.54, 1.807) is 18.7 Å². The van der Waals surface area contributed by atoms with Gasteiger partial charge in [-0.1, -0.05) is 85.7 Å². The van der Waals surface area contributed by atoms with Crippen LogP contribution in [0.25, 0.3) is 0 Å². The minimum absolute atomic E-state index is 0.00705. The summed E-state index contributed by atoms with van der Waals surface area (Å²) < 4.78 is 11.4. The normalized spacial score (nSPS) is 21.6. The molecule has 0 radical (unpaired) electrons. The van der Waals surface area contributed by atoms with Gasteiger partial charge in [-0.2, -0.15) is 0 Å². The summed E-state index contributed by atoms with van der Waals surface area (Å²) in [4.78, 5) is 103. The Morgan fingerprint density at radius 3 is 1.86 bits per heavy atom. The first kappa shape index (κ1) is 46.9. The van der Waals surface area contributed by atoms with Gasteiger partial charge < -0.3 is 29.9 Å². The maximum absolute atomic E-state index is 14.3. The predicted molar refractivity (Wildman–Crippen MR) is 221 cm³/mol. The van der Waals surface area contributed by atoms with Gasteiger partial charge in [-0.25, -0.2) is 4.79 Å². The van der Waals surface area contributed by atoms with E-state index in [0.29, 0.717) is 37.9 Å². The number of ether oxygens (including phenoxy) is 2. The minimum Gasteiger partial charge on any atom is -0.499 e. The SMILES string of the molecule is COC1=CC(=O)N(C(=O)[C@@H](OC(=O)[C@@H]2CCCN2C(=O)[C@@H]2CCCN2C(=O)[C@@H](NC(=O)[C@@H](NC(=O)[C@H](C(C)C)N(C)C)C(C)C)C(C)C)C(C)C)[C@H]1Cc1ccccc1. The second-order valence-electron chi connectivity index (χ2n) is 17.6. The number of rotatable bonds is 17. The highest BCUT2D eigenvalue weighted by Gasteiger charge is 2.47. The topological polar surface area (TPSA) is 175 Å². The first-order valence-corrected chi connectivity index (χ1v) is 21.1. The van der Waals surface area contributed by atoms with E-state index in [1.165, 1.54) is 23.0 Å². The summed E-state index contributed by atoms with van der Waals surface area (Å²) >= 11 is 0. The Balaban J connectivity index is 1.48. The summed E-state index contributed by atoms with van der Waals surface area (Å²) in [6.45, 7) is 15.1. The summed E-state index contributed by atoms with van der Waals surface area (Å²) in [5.74, 6) is -4.40. The van der Waals surface area contributed by atoms with Crippen LogP contribution in [0.1, 0.15) is 86.6 Å². The fourth-order valence-corrected chi connectivity index (χ4v) is 8.46. The molecule has 3 aliphatic rings. The molecule has 326 valence electrons. The Bertz CT molecular complexity index is 1720. The Morgan fingerprint density at radius 1 is 0.746 bits per heavy atom. The summed E-state index contributed by atoms with van der Waals surface area (Å²) in [5, 5.41) is 5.80. The highest BCUT2D eigenvalue weighted by Crippen LogP contribution is 2.30. The van der Waals surface area contributed by atoms with Crippen molar-refractivity contribution in [1.82, 2.24) is 30.2 Å². The van der Waals surface area contributed by atoms with E-state index in [2.05, 4.69) is 10.6 Å². The van der Waals surface area contributed by atoms with E-state index in [-0.39, 0.29) is 36.8 Å². The van der Waals surface area contributed by atoms with Gasteiger partial charge in [-0.3, -0.25) is 38.6 Å². The third-order valence-electron chi connectivity index (χ3n) is 11.5. The molecule has 2 fully saturated rings. The summed E-state index contributed by atoms with van der Waals surface area (Å²) in [6, 6.07) is 4.45. The lowest BCUT2D eigenvalue weighted by Crippen LogP contribution is -2.61. The molecule has 2 saturated heterocycles. The fraction of sp³-hybridized carbons (Fsp3) is 0.659. The largest absolute Gasteiger partial charge is 0.499 e. The summed E-state index contributed by atoms with van der Waals surface area (Å²) in [7, 11) is 5.06. The van der Waals surface area contributed by atoms with Crippen molar-refractivity contribution in [2.45, 2.75) is 130 Å². The van der Waals surface area contributed by atoms with E-state index in [9.17, 15) is 33.6 Å². The van der Waals surface area contributed by atoms with Crippen molar-refractivity contribution in [2.75, 3.05) is 34.3 Å². The molecule has 7 atom stereocenters. The number of methoxy groups -OCH3 is 1. The fourth-order valence-electron chi connectivity index (χ4n) is 8.46. The zero-order valence-corrected chi connectivity index (χ0v) is 36.7. The smallest absolute Gasteiger partial charge is 0.329 e. The van der Waals surface area contributed by atoms with Gasteiger partial charge in [-0.05, 0) is 69.0 Å². The number of hydrogen-bond acceptors (Lipinski definition) is 10. The molecule has 0 spiro atoms. The van der Waals surface area contributed by atoms with Crippen molar-refractivity contribution in [3.63, 3.8) is 0 Å². The second kappa shape index (κ2) is 20.5. The van der Waals surface area contributed by atoms with Gasteiger partial charge >= 0.3 is 5.97 Å². The molecule has 1 aromatic carbocycles. The highest BCUT2D eigenvalue weighted by atomic mass is 16.6. The summed E-state index contributed by atoms with van der Waals surface area (Å²) in [5.41, 5.74) is 0.885. The zero-order chi connectivity index (χ0) is 43.9. The average Bonchev–Trinajstić information content (AvgIpc) is 3.93. The molecule has 3 heterocycles. The van der Waals surface area contributed by atoms with Crippen molar-refractivity contribution in [3.05, 3.63) is 47.7 Å². The number of benzene rings is 1. The van der Waals surface area contributed by atoms with Crippen LogP contribution >= 0.6 is 0 Å². The molecular formula is C44H66N6O9. The molecule has 4 rings (SSSR count). The highest BCUT2D eigenvalue weighted by molar-refractivity contribution is 6.06. The van der Waals surface area contributed by atoms with Crippen LogP contribution in [0.5, 0.6) is 0 Å². The average molecular weight is 823 g/mol. The molecule has 0 aliphatic carbocycles. The number of imide groups is 1. The third kappa shape index (κ3) is 10.9. The lowest BCUT2D eigenvalue weighted by molar-refractivity contribution is -0.170. The predicted octanol–water partition coefficient (Wildman–Crippen LogP) is 2.91. The van der Waals surface area contributed by atoms with Gasteiger partial charge in [0.15, 0.2) is 6.10 Å². The second-order valence-corrected chi connectivity index (χ2v) is 17.6. The molecule has 1 aromatic rings. The van der Waals surface area contributed by atoms with Crippen molar-refractivity contribution >= 4 is 41.4 Å². The molecule has 2 N–H and O–H groups in total. The van der Waals surface area contributed by atoms with Gasteiger partial charge in [0.2, 0.25) is 23.6 Å². The summed E-state index contributed by atoms with van der Waals surface area (Å²) in [6.07, 6.45) is 2.00. The Hall–Kier alpha value is -4.79. The molecule has 0 aromatic heterocycles. The first-order chi connectivity index (χ1) is 27.8. The molecule has 0 unspecified atom stereocenters. The molecule has 3 aliphatic heterocycles. The van der Waals surface area contributed by atoms with Gasteiger partial charge in [0.05, 0.1) is 13.2 Å². The number of nitrogens with zero attached hydrogens (tertiary/aromatic N) is 4. The van der Waals surface area contributed by atoms with Gasteiger partial charge in [0.1, 0.15) is 36.0 Å². The van der Waals surface area contributed by atoms with Crippen molar-refractivity contribution in [3.8, 4) is 0 Å². The van der Waals surface area contributed by atoms with Crippen LogP contribution in [0.2, 0.25) is 0 Å². The van der Waals surface area contributed by atoms with Crippen LogP contribution in [0, 0.1) is 23.7 Å². The quantitative estimate of drug-likeness (QED) is 0.223. The number of esters is 1. The van der Waals surface area contributed by atoms with E-state index >= 15 is 0 Å². The van der Waals surface area contributed by atoms with E-state index < -0.39 is 83.8 Å². The zero-order valence-electron chi connectivity index (χ0n) is 36.7.